The molecule has 1 fully saturated rings. The van der Waals surface area contributed by atoms with Gasteiger partial charge in [0.05, 0.1) is 4.90 Å². The minimum Gasteiger partial charge on any atom is -0.207 e. The summed E-state index contributed by atoms with van der Waals surface area (Å²) in [5.41, 5.74) is 2.73. The van der Waals surface area contributed by atoms with Crippen molar-refractivity contribution in [3.63, 3.8) is 0 Å². The fraction of sp³-hybridized carbons (Fsp3) is 0.571. The van der Waals surface area contributed by atoms with Crippen molar-refractivity contribution in [2.75, 3.05) is 13.1 Å². The van der Waals surface area contributed by atoms with Crippen LogP contribution in [-0.4, -0.2) is 25.8 Å². The largest absolute Gasteiger partial charge is 0.243 e. The maximum absolute atomic E-state index is 12.7. The summed E-state index contributed by atoms with van der Waals surface area (Å²) in [5, 5.41) is 0. The monoisotopic (exact) mass is 301 g/mol. The summed E-state index contributed by atoms with van der Waals surface area (Å²) in [4.78, 5) is 0.405. The molecule has 0 saturated carbocycles. The molecule has 19 heavy (non-hydrogen) atoms. The van der Waals surface area contributed by atoms with Crippen LogP contribution in [0.1, 0.15) is 30.0 Å². The van der Waals surface area contributed by atoms with Crippen molar-refractivity contribution in [2.24, 2.45) is 5.92 Å². The van der Waals surface area contributed by atoms with Crippen LogP contribution >= 0.6 is 11.6 Å². The van der Waals surface area contributed by atoms with Gasteiger partial charge in [-0.15, -0.1) is 11.6 Å². The molecule has 1 saturated heterocycles. The molecule has 0 aliphatic carbocycles. The molecule has 1 aliphatic rings. The first-order valence-electron chi connectivity index (χ1n) is 6.52. The first-order chi connectivity index (χ1) is 8.86. The molecule has 1 aromatic rings. The quantitative estimate of drug-likeness (QED) is 0.805. The zero-order valence-electron chi connectivity index (χ0n) is 11.6. The molecule has 0 N–H and O–H groups in total. The highest BCUT2D eigenvalue weighted by Crippen LogP contribution is 2.28. The van der Waals surface area contributed by atoms with Crippen LogP contribution < -0.4 is 0 Å². The number of alkyl halides is 1. The van der Waals surface area contributed by atoms with Crippen molar-refractivity contribution in [3.05, 3.63) is 28.8 Å². The van der Waals surface area contributed by atoms with Gasteiger partial charge in [0.2, 0.25) is 10.0 Å². The van der Waals surface area contributed by atoms with E-state index in [2.05, 4.69) is 6.92 Å². The van der Waals surface area contributed by atoms with E-state index in [1.54, 1.807) is 10.4 Å². The molecule has 0 amide bonds. The summed E-state index contributed by atoms with van der Waals surface area (Å²) in [7, 11) is -3.38. The van der Waals surface area contributed by atoms with Gasteiger partial charge in [0.1, 0.15) is 0 Å². The molecule has 0 spiro atoms. The van der Waals surface area contributed by atoms with Gasteiger partial charge in [0.25, 0.3) is 0 Å². The molecule has 5 heteroatoms. The second kappa shape index (κ2) is 5.43. The van der Waals surface area contributed by atoms with Crippen LogP contribution in [0.3, 0.4) is 0 Å². The third kappa shape index (κ3) is 2.81. The predicted octanol–water partition coefficient (Wildman–Crippen LogP) is 3.07. The first kappa shape index (κ1) is 14.8. The third-order valence-electron chi connectivity index (χ3n) is 3.78. The zero-order chi connectivity index (χ0) is 14.2. The second-order valence-electron chi connectivity index (χ2n) is 5.43. The van der Waals surface area contributed by atoms with Crippen LogP contribution in [0.5, 0.6) is 0 Å². The Hall–Kier alpha value is -0.580. The molecule has 0 bridgehead atoms. The smallest absolute Gasteiger partial charge is 0.207 e. The lowest BCUT2D eigenvalue weighted by atomic mass is 10.1. The summed E-state index contributed by atoms with van der Waals surface area (Å²) in [6.07, 6.45) is 0.937. The molecule has 1 atom stereocenters. The highest BCUT2D eigenvalue weighted by molar-refractivity contribution is 7.89. The molecule has 1 aliphatic heterocycles. The highest BCUT2D eigenvalue weighted by Gasteiger charge is 2.31. The van der Waals surface area contributed by atoms with E-state index in [1.807, 2.05) is 19.9 Å². The van der Waals surface area contributed by atoms with E-state index in [1.165, 1.54) is 0 Å². The van der Waals surface area contributed by atoms with Crippen LogP contribution in [0.2, 0.25) is 0 Å². The van der Waals surface area contributed by atoms with Crippen molar-refractivity contribution in [1.82, 2.24) is 4.31 Å². The van der Waals surface area contributed by atoms with E-state index in [-0.39, 0.29) is 0 Å². The van der Waals surface area contributed by atoms with Gasteiger partial charge in [-0.2, -0.15) is 4.31 Å². The van der Waals surface area contributed by atoms with Gasteiger partial charge in [0, 0.05) is 19.0 Å². The third-order valence-corrected chi connectivity index (χ3v) is 6.08. The Labute approximate surface area is 120 Å². The predicted molar refractivity (Wildman–Crippen MR) is 78.0 cm³/mol. The number of hydrogen-bond acceptors (Lipinski definition) is 2. The second-order valence-corrected chi connectivity index (χ2v) is 7.61. The average molecular weight is 302 g/mol. The minimum absolute atomic E-state index is 0.338. The number of aryl methyl sites for hydroxylation is 2. The van der Waals surface area contributed by atoms with Crippen LogP contribution in [0.25, 0.3) is 0 Å². The number of benzene rings is 1. The van der Waals surface area contributed by atoms with Crippen molar-refractivity contribution in [1.29, 1.82) is 0 Å². The van der Waals surface area contributed by atoms with Gasteiger partial charge < -0.3 is 0 Å². The first-order valence-corrected chi connectivity index (χ1v) is 8.50. The fourth-order valence-electron chi connectivity index (χ4n) is 2.55. The van der Waals surface area contributed by atoms with Gasteiger partial charge in [-0.1, -0.05) is 13.0 Å². The van der Waals surface area contributed by atoms with E-state index in [0.717, 1.165) is 23.1 Å². The number of sulfonamides is 1. The van der Waals surface area contributed by atoms with E-state index >= 15 is 0 Å². The summed E-state index contributed by atoms with van der Waals surface area (Å²) in [5.74, 6) is 0.776. The lowest BCUT2D eigenvalue weighted by molar-refractivity contribution is 0.464. The van der Waals surface area contributed by atoms with E-state index in [0.29, 0.717) is 29.8 Å². The maximum atomic E-state index is 12.7. The Bertz CT molecular complexity index is 583. The SMILES string of the molecule is Cc1cc(C)c(S(=O)(=O)N2CCC(C)C2)cc1CCl. The molecule has 0 radical (unpaired) electrons. The summed E-state index contributed by atoms with van der Waals surface area (Å²) >= 11 is 5.88. The van der Waals surface area contributed by atoms with Crippen LogP contribution in [-0.2, 0) is 15.9 Å². The normalized spacial score (nSPS) is 20.9. The number of hydrogen-bond donors (Lipinski definition) is 0. The van der Waals surface area contributed by atoms with Gasteiger partial charge >= 0.3 is 0 Å². The van der Waals surface area contributed by atoms with Crippen LogP contribution in [0, 0.1) is 19.8 Å². The van der Waals surface area contributed by atoms with Crippen molar-refractivity contribution in [3.8, 4) is 0 Å². The molecule has 3 nitrogen and oxygen atoms in total. The molecule has 2 rings (SSSR count). The van der Waals surface area contributed by atoms with Crippen LogP contribution in [0.15, 0.2) is 17.0 Å². The standard InChI is InChI=1S/C14H20ClNO2S/c1-10-4-5-16(9-10)19(17,18)14-7-13(8-15)11(2)6-12(14)3/h6-7,10H,4-5,8-9H2,1-3H3. The van der Waals surface area contributed by atoms with E-state index in [9.17, 15) is 8.42 Å². The topological polar surface area (TPSA) is 37.4 Å². The Morgan fingerprint density at radius 3 is 2.53 bits per heavy atom. The summed E-state index contributed by atoms with van der Waals surface area (Å²) < 4.78 is 26.9. The number of nitrogens with zero attached hydrogens (tertiary/aromatic N) is 1. The van der Waals surface area contributed by atoms with Gasteiger partial charge in [-0.25, -0.2) is 8.42 Å². The molecule has 1 heterocycles. The van der Waals surface area contributed by atoms with Gasteiger partial charge in [0.15, 0.2) is 0 Å². The van der Waals surface area contributed by atoms with Crippen LogP contribution in [0.4, 0.5) is 0 Å². The summed E-state index contributed by atoms with van der Waals surface area (Å²) in [6.45, 7) is 7.12. The minimum atomic E-state index is -3.38. The Morgan fingerprint density at radius 1 is 1.32 bits per heavy atom. The average Bonchev–Trinajstić information content (AvgIpc) is 2.76. The maximum Gasteiger partial charge on any atom is 0.243 e. The van der Waals surface area contributed by atoms with Crippen molar-refractivity contribution >= 4 is 21.6 Å². The fourth-order valence-corrected chi connectivity index (χ4v) is 4.67. The summed E-state index contributed by atoms with van der Waals surface area (Å²) in [6, 6.07) is 3.64. The molecule has 106 valence electrons. The molecular formula is C14H20ClNO2S. The van der Waals surface area contributed by atoms with Gasteiger partial charge in [-0.3, -0.25) is 0 Å². The van der Waals surface area contributed by atoms with Gasteiger partial charge in [-0.05, 0) is 48.9 Å². The van der Waals surface area contributed by atoms with E-state index in [4.69, 9.17) is 11.6 Å². The molecule has 1 aromatic carbocycles. The Kier molecular flexibility index (Phi) is 4.23. The van der Waals surface area contributed by atoms with Crippen molar-refractivity contribution in [2.45, 2.75) is 38.0 Å². The molecule has 1 unspecified atom stereocenters. The Balaban J connectivity index is 2.46. The lowest BCUT2D eigenvalue weighted by Gasteiger charge is -2.19. The Morgan fingerprint density at radius 2 is 2.00 bits per heavy atom. The highest BCUT2D eigenvalue weighted by atomic mass is 35.5. The zero-order valence-corrected chi connectivity index (χ0v) is 13.2. The van der Waals surface area contributed by atoms with E-state index < -0.39 is 10.0 Å². The number of rotatable bonds is 3. The molecular weight excluding hydrogens is 282 g/mol. The van der Waals surface area contributed by atoms with Crippen molar-refractivity contribution < 1.29 is 8.42 Å². The number of halogens is 1. The lowest BCUT2D eigenvalue weighted by Crippen LogP contribution is -2.29. The molecule has 0 aromatic heterocycles.